The van der Waals surface area contributed by atoms with Crippen molar-refractivity contribution in [3.05, 3.63) is 34.5 Å². The van der Waals surface area contributed by atoms with Crippen molar-refractivity contribution in [1.29, 1.82) is 0 Å². The van der Waals surface area contributed by atoms with Gasteiger partial charge in [-0.25, -0.2) is 9.67 Å². The number of nitrogens with two attached hydrogens (primary N) is 1. The van der Waals surface area contributed by atoms with Crippen LogP contribution in [0, 0.1) is 0 Å². The Bertz CT molecular complexity index is 553. The van der Waals surface area contributed by atoms with Gasteiger partial charge in [-0.2, -0.15) is 10.1 Å². The average Bonchev–Trinajstić information content (AvgIpc) is 2.70. The minimum absolute atomic E-state index is 0.0375. The van der Waals surface area contributed by atoms with Crippen LogP contribution >= 0.6 is 23.2 Å². The standard InChI is InChI=1S/C8H5Cl2N5O/c9-5-2-12-8(10)14-7(5)15-3-4(1-13-15)6(11)16/h1-3H,(H2,11,16). The number of halogens is 2. The van der Waals surface area contributed by atoms with Crippen LogP contribution in [-0.4, -0.2) is 25.7 Å². The molecule has 0 saturated carbocycles. The van der Waals surface area contributed by atoms with Crippen molar-refractivity contribution in [3.8, 4) is 5.82 Å². The molecule has 0 fully saturated rings. The number of rotatable bonds is 2. The van der Waals surface area contributed by atoms with Gasteiger partial charge in [0.1, 0.15) is 5.02 Å². The maximum atomic E-state index is 10.9. The lowest BCUT2D eigenvalue weighted by atomic mass is 10.3. The Morgan fingerprint density at radius 1 is 1.38 bits per heavy atom. The Morgan fingerprint density at radius 3 is 2.75 bits per heavy atom. The van der Waals surface area contributed by atoms with Gasteiger partial charge in [0.25, 0.3) is 5.91 Å². The van der Waals surface area contributed by atoms with Crippen LogP contribution in [0.4, 0.5) is 0 Å². The molecular weight excluding hydrogens is 253 g/mol. The van der Waals surface area contributed by atoms with Crippen LogP contribution < -0.4 is 5.73 Å². The van der Waals surface area contributed by atoms with Gasteiger partial charge in [-0.15, -0.1) is 0 Å². The molecule has 0 aliphatic heterocycles. The van der Waals surface area contributed by atoms with Crippen LogP contribution in [0.5, 0.6) is 0 Å². The van der Waals surface area contributed by atoms with Crippen molar-refractivity contribution in [1.82, 2.24) is 19.7 Å². The first kappa shape index (κ1) is 10.8. The second-order valence-corrected chi connectivity index (χ2v) is 3.59. The Hall–Kier alpha value is -1.66. The van der Waals surface area contributed by atoms with E-state index in [4.69, 9.17) is 28.9 Å². The second-order valence-electron chi connectivity index (χ2n) is 2.85. The fraction of sp³-hybridized carbons (Fsp3) is 0. The molecule has 0 aliphatic carbocycles. The summed E-state index contributed by atoms with van der Waals surface area (Å²) < 4.78 is 1.30. The third-order valence-electron chi connectivity index (χ3n) is 1.78. The van der Waals surface area contributed by atoms with Crippen LogP contribution in [0.25, 0.3) is 5.82 Å². The van der Waals surface area contributed by atoms with E-state index < -0.39 is 5.91 Å². The molecule has 2 heterocycles. The van der Waals surface area contributed by atoms with Crippen molar-refractivity contribution in [3.63, 3.8) is 0 Å². The third-order valence-corrected chi connectivity index (χ3v) is 2.23. The summed E-state index contributed by atoms with van der Waals surface area (Å²) in [5, 5.41) is 4.20. The lowest BCUT2D eigenvalue weighted by Gasteiger charge is -2.01. The molecule has 2 aromatic rings. The number of hydrogen-bond donors (Lipinski definition) is 1. The summed E-state index contributed by atoms with van der Waals surface area (Å²) in [6, 6.07) is 0. The Kier molecular flexibility index (Phi) is 2.76. The number of carbonyl (C=O) groups is 1. The molecule has 0 bridgehead atoms. The van der Waals surface area contributed by atoms with Gasteiger partial charge in [-0.1, -0.05) is 11.6 Å². The van der Waals surface area contributed by atoms with Crippen LogP contribution in [-0.2, 0) is 0 Å². The zero-order valence-corrected chi connectivity index (χ0v) is 9.27. The fourth-order valence-corrected chi connectivity index (χ4v) is 1.37. The molecular formula is C8H5Cl2N5O. The third kappa shape index (κ3) is 1.98. The molecule has 8 heteroatoms. The van der Waals surface area contributed by atoms with Crippen LogP contribution in [0.3, 0.4) is 0 Å². The number of primary amides is 1. The molecule has 0 atom stereocenters. The van der Waals surface area contributed by atoms with Gasteiger partial charge in [0.15, 0.2) is 5.82 Å². The fourth-order valence-electron chi connectivity index (χ4n) is 1.06. The normalized spacial score (nSPS) is 10.4. The first-order valence-electron chi connectivity index (χ1n) is 4.11. The summed E-state index contributed by atoms with van der Waals surface area (Å²) >= 11 is 11.5. The molecule has 82 valence electrons. The summed E-state index contributed by atoms with van der Waals surface area (Å²) in [4.78, 5) is 18.5. The van der Waals surface area contributed by atoms with Crippen molar-refractivity contribution in [2.75, 3.05) is 0 Å². The molecule has 0 saturated heterocycles. The highest BCUT2D eigenvalue weighted by Gasteiger charge is 2.10. The van der Waals surface area contributed by atoms with Crippen LogP contribution in [0.1, 0.15) is 10.4 Å². The quantitative estimate of drug-likeness (QED) is 0.816. The molecule has 16 heavy (non-hydrogen) atoms. The van der Waals surface area contributed by atoms with E-state index in [9.17, 15) is 4.79 Å². The number of hydrogen-bond acceptors (Lipinski definition) is 4. The van der Waals surface area contributed by atoms with Crippen molar-refractivity contribution in [2.45, 2.75) is 0 Å². The van der Waals surface area contributed by atoms with Crippen molar-refractivity contribution in [2.24, 2.45) is 5.73 Å². The lowest BCUT2D eigenvalue weighted by Crippen LogP contribution is -2.09. The predicted molar refractivity (Wildman–Crippen MR) is 57.7 cm³/mol. The predicted octanol–water partition coefficient (Wildman–Crippen LogP) is 1.07. The number of carbonyl (C=O) groups excluding carboxylic acids is 1. The van der Waals surface area contributed by atoms with Gasteiger partial charge in [0, 0.05) is 6.20 Å². The topological polar surface area (TPSA) is 86.7 Å². The summed E-state index contributed by atoms with van der Waals surface area (Å²) in [5.41, 5.74) is 5.34. The first-order valence-corrected chi connectivity index (χ1v) is 4.86. The maximum Gasteiger partial charge on any atom is 0.251 e. The van der Waals surface area contributed by atoms with Gasteiger partial charge in [0.2, 0.25) is 5.28 Å². The summed E-state index contributed by atoms with van der Waals surface area (Å²) in [6.45, 7) is 0. The van der Waals surface area contributed by atoms with Gasteiger partial charge in [-0.3, -0.25) is 4.79 Å². The van der Waals surface area contributed by atoms with Gasteiger partial charge in [-0.05, 0) is 11.6 Å². The summed E-state index contributed by atoms with van der Waals surface area (Å²) in [6.07, 6.45) is 4.07. The highest BCUT2D eigenvalue weighted by atomic mass is 35.5. The number of nitrogens with zero attached hydrogens (tertiary/aromatic N) is 4. The number of aromatic nitrogens is 4. The van der Waals surface area contributed by atoms with E-state index >= 15 is 0 Å². The zero-order chi connectivity index (χ0) is 11.7. The molecule has 0 unspecified atom stereocenters. The molecule has 1 amide bonds. The maximum absolute atomic E-state index is 10.9. The summed E-state index contributed by atoms with van der Waals surface area (Å²) in [7, 11) is 0. The molecule has 0 radical (unpaired) electrons. The van der Waals surface area contributed by atoms with E-state index in [2.05, 4.69) is 15.1 Å². The van der Waals surface area contributed by atoms with E-state index in [-0.39, 0.29) is 21.7 Å². The Morgan fingerprint density at radius 2 is 2.12 bits per heavy atom. The highest BCUT2D eigenvalue weighted by molar-refractivity contribution is 6.32. The van der Waals surface area contributed by atoms with E-state index in [0.29, 0.717) is 0 Å². The Labute approximate surface area is 100 Å². The van der Waals surface area contributed by atoms with Gasteiger partial charge < -0.3 is 5.73 Å². The average molecular weight is 258 g/mol. The van der Waals surface area contributed by atoms with E-state index in [0.717, 1.165) is 0 Å². The molecule has 0 aromatic carbocycles. The largest absolute Gasteiger partial charge is 0.366 e. The first-order chi connectivity index (χ1) is 7.58. The summed E-state index contributed by atoms with van der Waals surface area (Å²) in [5.74, 6) is -0.295. The Balaban J connectivity index is 2.50. The van der Waals surface area contributed by atoms with Crippen LogP contribution in [0.2, 0.25) is 10.3 Å². The highest BCUT2D eigenvalue weighted by Crippen LogP contribution is 2.18. The van der Waals surface area contributed by atoms with Crippen molar-refractivity contribution >= 4 is 29.1 Å². The van der Waals surface area contributed by atoms with Crippen molar-refractivity contribution < 1.29 is 4.79 Å². The van der Waals surface area contributed by atoms with Gasteiger partial charge >= 0.3 is 0 Å². The van der Waals surface area contributed by atoms with E-state index in [1.165, 1.54) is 23.3 Å². The minimum atomic E-state index is -0.581. The molecule has 0 spiro atoms. The zero-order valence-electron chi connectivity index (χ0n) is 7.76. The molecule has 2 rings (SSSR count). The monoisotopic (exact) mass is 257 g/mol. The molecule has 6 nitrogen and oxygen atoms in total. The van der Waals surface area contributed by atoms with Gasteiger partial charge in [0.05, 0.1) is 18.0 Å². The second kappa shape index (κ2) is 4.07. The van der Waals surface area contributed by atoms with E-state index in [1.54, 1.807) is 0 Å². The SMILES string of the molecule is NC(=O)c1cnn(-c2nc(Cl)ncc2Cl)c1. The smallest absolute Gasteiger partial charge is 0.251 e. The van der Waals surface area contributed by atoms with Crippen LogP contribution in [0.15, 0.2) is 18.6 Å². The molecule has 0 aliphatic rings. The van der Waals surface area contributed by atoms with E-state index in [1.807, 2.05) is 0 Å². The lowest BCUT2D eigenvalue weighted by molar-refractivity contribution is 0.100. The molecule has 2 aromatic heterocycles. The minimum Gasteiger partial charge on any atom is -0.366 e. The molecule has 2 N–H and O–H groups in total. The number of amides is 1.